The summed E-state index contributed by atoms with van der Waals surface area (Å²) >= 11 is 0. The molecule has 9 nitrogen and oxygen atoms in total. The van der Waals surface area contributed by atoms with Crippen molar-refractivity contribution >= 4 is 34.0 Å². The van der Waals surface area contributed by atoms with Crippen LogP contribution in [0.5, 0.6) is 0 Å². The van der Waals surface area contributed by atoms with E-state index >= 15 is 0 Å². The van der Waals surface area contributed by atoms with Crippen LogP contribution in [-0.2, 0) is 11.3 Å². The number of imidazole rings is 1. The molecule has 0 spiro atoms. The molecule has 1 aliphatic rings. The lowest BCUT2D eigenvalue weighted by molar-refractivity contribution is -0.169. The van der Waals surface area contributed by atoms with E-state index in [2.05, 4.69) is 40.3 Å². The number of ether oxygens (including phenoxy) is 1. The Bertz CT molecular complexity index is 1360. The fourth-order valence-electron chi connectivity index (χ4n) is 4.77. The van der Waals surface area contributed by atoms with Crippen molar-refractivity contribution in [3.8, 4) is 11.3 Å². The van der Waals surface area contributed by atoms with Crippen LogP contribution in [0.4, 0.5) is 29.3 Å². The van der Waals surface area contributed by atoms with Gasteiger partial charge in [0.2, 0.25) is 5.95 Å². The van der Waals surface area contributed by atoms with Crippen molar-refractivity contribution in [2.75, 3.05) is 17.7 Å². The number of hydrogen-bond acceptors (Lipinski definition) is 7. The number of nitrogens with one attached hydrogen (secondary N) is 3. The third-order valence-corrected chi connectivity index (χ3v) is 6.45. The van der Waals surface area contributed by atoms with E-state index in [0.29, 0.717) is 71.2 Å². The molecule has 0 aliphatic heterocycles. The summed E-state index contributed by atoms with van der Waals surface area (Å²) in [7, 11) is 1.74. The molecule has 1 fully saturated rings. The number of nitrogens with zero attached hydrogens (tertiary/aromatic N) is 5. The number of pyridine rings is 1. The Kier molecular flexibility index (Phi) is 6.65. The first-order valence-electron chi connectivity index (χ1n) is 11.7. The SMILES string of the molecule is CNc1nc(NC2CCC(OC(F)F)CC2)nc2[nH]cc(-c3ccc4nc(C)n(CC(F)F)c4n3)c12. The molecule has 0 bridgehead atoms. The van der Waals surface area contributed by atoms with Crippen molar-refractivity contribution in [1.29, 1.82) is 0 Å². The first kappa shape index (κ1) is 24.2. The Morgan fingerprint density at radius 1 is 1.08 bits per heavy atom. The summed E-state index contributed by atoms with van der Waals surface area (Å²) in [6.45, 7) is -1.56. The minimum atomic E-state index is -2.75. The Morgan fingerprint density at radius 3 is 2.56 bits per heavy atom. The Balaban J connectivity index is 1.43. The Labute approximate surface area is 203 Å². The monoisotopic (exact) mass is 506 g/mol. The molecule has 4 aromatic rings. The summed E-state index contributed by atoms with van der Waals surface area (Å²) in [5.74, 6) is 1.44. The lowest BCUT2D eigenvalue weighted by Gasteiger charge is -2.28. The van der Waals surface area contributed by atoms with Crippen LogP contribution in [0.25, 0.3) is 33.5 Å². The molecular formula is C23H26F4N8O. The molecule has 0 radical (unpaired) electrons. The molecule has 4 heterocycles. The molecular weight excluding hydrogens is 480 g/mol. The number of aromatic amines is 1. The minimum Gasteiger partial charge on any atom is -0.372 e. The van der Waals surface area contributed by atoms with Crippen molar-refractivity contribution < 1.29 is 22.3 Å². The van der Waals surface area contributed by atoms with Gasteiger partial charge in [0.15, 0.2) is 5.65 Å². The highest BCUT2D eigenvalue weighted by Crippen LogP contribution is 2.34. The Hall–Kier alpha value is -3.48. The molecule has 0 unspecified atom stereocenters. The molecule has 13 heteroatoms. The van der Waals surface area contributed by atoms with Gasteiger partial charge < -0.3 is 24.9 Å². The van der Waals surface area contributed by atoms with Crippen LogP contribution < -0.4 is 10.6 Å². The third-order valence-electron chi connectivity index (χ3n) is 6.45. The van der Waals surface area contributed by atoms with Crippen LogP contribution in [-0.4, -0.2) is 61.7 Å². The minimum absolute atomic E-state index is 0.0431. The van der Waals surface area contributed by atoms with Gasteiger partial charge in [-0.05, 0) is 44.7 Å². The van der Waals surface area contributed by atoms with E-state index in [0.717, 1.165) is 5.56 Å². The van der Waals surface area contributed by atoms with Gasteiger partial charge in [-0.2, -0.15) is 18.7 Å². The van der Waals surface area contributed by atoms with E-state index in [1.807, 2.05) is 0 Å². The standard InChI is InChI=1S/C23H26F4N8O/c1-11-30-16-8-7-15(32-21(16)35(11)10-17(24)25)14-9-29-20-18(14)19(28-2)33-23(34-20)31-12-3-5-13(6-4-12)36-22(26)27/h7-9,12-13,17,22H,3-6,10H2,1-2H3,(H3,28,29,31,33,34). The number of H-pyrrole nitrogens is 1. The quantitative estimate of drug-likeness (QED) is 0.291. The highest BCUT2D eigenvalue weighted by atomic mass is 19.3. The summed E-state index contributed by atoms with van der Waals surface area (Å²) in [6, 6.07) is 3.59. The predicted octanol–water partition coefficient (Wildman–Crippen LogP) is 4.95. The normalized spacial score (nSPS) is 18.6. The smallest absolute Gasteiger partial charge is 0.345 e. The number of fused-ring (bicyclic) bond motifs is 2. The van der Waals surface area contributed by atoms with Gasteiger partial charge in [-0.25, -0.2) is 18.7 Å². The second kappa shape index (κ2) is 9.88. The lowest BCUT2D eigenvalue weighted by Crippen LogP contribution is -2.31. The molecule has 1 saturated carbocycles. The van der Waals surface area contributed by atoms with Crippen LogP contribution >= 0.6 is 0 Å². The van der Waals surface area contributed by atoms with Crippen LogP contribution in [0.2, 0.25) is 0 Å². The molecule has 36 heavy (non-hydrogen) atoms. The maximum Gasteiger partial charge on any atom is 0.345 e. The number of aromatic nitrogens is 6. The van der Waals surface area contributed by atoms with E-state index < -0.39 is 25.7 Å². The summed E-state index contributed by atoms with van der Waals surface area (Å²) in [5.41, 5.74) is 2.79. The third kappa shape index (κ3) is 4.79. The van der Waals surface area contributed by atoms with Gasteiger partial charge in [-0.15, -0.1) is 0 Å². The summed E-state index contributed by atoms with van der Waals surface area (Å²) < 4.78 is 57.2. The van der Waals surface area contributed by atoms with E-state index in [4.69, 9.17) is 0 Å². The van der Waals surface area contributed by atoms with Crippen LogP contribution in [0, 0.1) is 6.92 Å². The molecule has 5 rings (SSSR count). The van der Waals surface area contributed by atoms with Gasteiger partial charge in [0.05, 0.1) is 23.7 Å². The van der Waals surface area contributed by atoms with Gasteiger partial charge in [0.1, 0.15) is 22.8 Å². The molecule has 0 saturated heterocycles. The van der Waals surface area contributed by atoms with Gasteiger partial charge in [0, 0.05) is 24.8 Å². The largest absolute Gasteiger partial charge is 0.372 e. The van der Waals surface area contributed by atoms with Crippen molar-refractivity contribution in [2.24, 2.45) is 0 Å². The zero-order valence-corrected chi connectivity index (χ0v) is 19.7. The average Bonchev–Trinajstić information content (AvgIpc) is 3.40. The molecule has 0 atom stereocenters. The highest BCUT2D eigenvalue weighted by molar-refractivity contribution is 6.01. The fourth-order valence-corrected chi connectivity index (χ4v) is 4.77. The lowest BCUT2D eigenvalue weighted by atomic mass is 9.93. The average molecular weight is 507 g/mol. The second-order valence-corrected chi connectivity index (χ2v) is 8.79. The van der Waals surface area contributed by atoms with Crippen LogP contribution in [0.15, 0.2) is 18.3 Å². The zero-order valence-electron chi connectivity index (χ0n) is 19.7. The first-order chi connectivity index (χ1) is 17.3. The highest BCUT2D eigenvalue weighted by Gasteiger charge is 2.25. The van der Waals surface area contributed by atoms with Crippen molar-refractivity contribution in [3.05, 3.63) is 24.2 Å². The van der Waals surface area contributed by atoms with Crippen molar-refractivity contribution in [1.82, 2.24) is 29.5 Å². The van der Waals surface area contributed by atoms with Gasteiger partial charge in [0.25, 0.3) is 6.43 Å². The van der Waals surface area contributed by atoms with E-state index in [1.165, 1.54) is 4.57 Å². The number of halogens is 4. The fraction of sp³-hybridized carbons (Fsp3) is 0.478. The maximum atomic E-state index is 13.1. The van der Waals surface area contributed by atoms with Gasteiger partial charge in [-0.3, -0.25) is 0 Å². The molecule has 4 aromatic heterocycles. The topological polar surface area (TPSA) is 106 Å². The number of rotatable bonds is 8. The summed E-state index contributed by atoms with van der Waals surface area (Å²) in [4.78, 5) is 21.3. The van der Waals surface area contributed by atoms with Crippen LogP contribution in [0.3, 0.4) is 0 Å². The Morgan fingerprint density at radius 2 is 1.86 bits per heavy atom. The molecule has 1 aliphatic carbocycles. The predicted molar refractivity (Wildman–Crippen MR) is 127 cm³/mol. The molecule has 0 aromatic carbocycles. The number of aryl methyl sites for hydroxylation is 1. The maximum absolute atomic E-state index is 13.1. The number of hydrogen-bond donors (Lipinski definition) is 3. The van der Waals surface area contributed by atoms with E-state index in [1.54, 1.807) is 32.3 Å². The van der Waals surface area contributed by atoms with E-state index in [-0.39, 0.29) is 6.04 Å². The molecule has 0 amide bonds. The number of anilines is 2. The molecule has 3 N–H and O–H groups in total. The van der Waals surface area contributed by atoms with E-state index in [9.17, 15) is 17.6 Å². The second-order valence-electron chi connectivity index (χ2n) is 8.79. The van der Waals surface area contributed by atoms with Crippen LogP contribution in [0.1, 0.15) is 31.5 Å². The van der Waals surface area contributed by atoms with Crippen molar-refractivity contribution in [2.45, 2.75) is 64.3 Å². The van der Waals surface area contributed by atoms with Gasteiger partial charge >= 0.3 is 6.61 Å². The number of alkyl halides is 4. The molecule has 192 valence electrons. The zero-order chi connectivity index (χ0) is 25.4. The summed E-state index contributed by atoms with van der Waals surface area (Å²) in [5, 5.41) is 7.10. The van der Waals surface area contributed by atoms with Crippen molar-refractivity contribution in [3.63, 3.8) is 0 Å². The van der Waals surface area contributed by atoms with Gasteiger partial charge in [-0.1, -0.05) is 0 Å². The summed E-state index contributed by atoms with van der Waals surface area (Å²) in [6.07, 6.45) is 1.19. The first-order valence-corrected chi connectivity index (χ1v) is 11.7.